The lowest BCUT2D eigenvalue weighted by molar-refractivity contribution is 0.0910. The summed E-state index contributed by atoms with van der Waals surface area (Å²) in [5.41, 5.74) is 0.446. The van der Waals surface area contributed by atoms with Gasteiger partial charge in [-0.05, 0) is 46.5 Å². The van der Waals surface area contributed by atoms with E-state index in [1.165, 1.54) is 18.2 Å². The van der Waals surface area contributed by atoms with E-state index in [-0.39, 0.29) is 23.2 Å². The second kappa shape index (κ2) is 5.17. The summed E-state index contributed by atoms with van der Waals surface area (Å²) >= 11 is 3.07. The fourth-order valence-electron chi connectivity index (χ4n) is 1.13. The van der Waals surface area contributed by atoms with Gasteiger partial charge in [0, 0.05) is 11.6 Å². The average Bonchev–Trinajstić information content (AvgIpc) is 2.20. The molecule has 94 valence electrons. The summed E-state index contributed by atoms with van der Waals surface area (Å²) in [5.74, 6) is -0.557. The van der Waals surface area contributed by atoms with Crippen LogP contribution >= 0.6 is 15.9 Å². The minimum absolute atomic E-state index is 0.00702. The van der Waals surface area contributed by atoms with Crippen LogP contribution in [0.3, 0.4) is 0 Å². The van der Waals surface area contributed by atoms with Gasteiger partial charge in [0.15, 0.2) is 0 Å². The van der Waals surface area contributed by atoms with E-state index in [9.17, 15) is 9.18 Å². The largest absolute Gasteiger partial charge is 0.349 e. The van der Waals surface area contributed by atoms with Crippen LogP contribution in [0.4, 0.5) is 4.39 Å². The minimum Gasteiger partial charge on any atom is -0.349 e. The molecule has 1 N–H and O–H groups in total. The zero-order chi connectivity index (χ0) is 13.2. The summed E-state index contributed by atoms with van der Waals surface area (Å²) < 4.78 is 13.3. The molecule has 1 aromatic carbocycles. The molecule has 0 aliphatic heterocycles. The van der Waals surface area contributed by atoms with Gasteiger partial charge in [0.1, 0.15) is 5.82 Å². The van der Waals surface area contributed by atoms with Crippen LogP contribution in [0.25, 0.3) is 0 Å². The third-order valence-corrected chi connectivity index (χ3v) is 3.44. The maximum Gasteiger partial charge on any atom is 0.251 e. The van der Waals surface area contributed by atoms with Crippen LogP contribution in [0.2, 0.25) is 0 Å². The first-order valence-electron chi connectivity index (χ1n) is 5.47. The molecule has 0 spiro atoms. The molecular formula is C13H17BrFNO. The Kier molecular flexibility index (Phi) is 4.31. The van der Waals surface area contributed by atoms with E-state index in [0.29, 0.717) is 10.0 Å². The van der Waals surface area contributed by atoms with Gasteiger partial charge in [-0.1, -0.05) is 20.8 Å². The number of hydrogen-bond donors (Lipinski definition) is 1. The van der Waals surface area contributed by atoms with Gasteiger partial charge in [0.25, 0.3) is 5.91 Å². The van der Waals surface area contributed by atoms with Crippen molar-refractivity contribution in [3.8, 4) is 0 Å². The topological polar surface area (TPSA) is 29.1 Å². The van der Waals surface area contributed by atoms with Crippen molar-refractivity contribution in [1.29, 1.82) is 0 Å². The van der Waals surface area contributed by atoms with Crippen molar-refractivity contribution in [2.45, 2.75) is 33.7 Å². The molecule has 0 radical (unpaired) electrons. The Morgan fingerprint density at radius 1 is 1.41 bits per heavy atom. The molecule has 0 aliphatic carbocycles. The smallest absolute Gasteiger partial charge is 0.251 e. The molecule has 17 heavy (non-hydrogen) atoms. The van der Waals surface area contributed by atoms with Gasteiger partial charge in [-0.25, -0.2) is 4.39 Å². The van der Waals surface area contributed by atoms with E-state index < -0.39 is 0 Å². The van der Waals surface area contributed by atoms with Gasteiger partial charge in [0.05, 0.1) is 4.47 Å². The van der Waals surface area contributed by atoms with Crippen LogP contribution in [0.15, 0.2) is 22.7 Å². The lowest BCUT2D eigenvalue weighted by atomic mass is 9.88. The van der Waals surface area contributed by atoms with Crippen molar-refractivity contribution in [2.24, 2.45) is 5.41 Å². The van der Waals surface area contributed by atoms with Gasteiger partial charge in [-0.3, -0.25) is 4.79 Å². The molecule has 4 heteroatoms. The summed E-state index contributed by atoms with van der Waals surface area (Å²) in [7, 11) is 0. The lowest BCUT2D eigenvalue weighted by Crippen LogP contribution is -2.41. The van der Waals surface area contributed by atoms with Gasteiger partial charge in [-0.15, -0.1) is 0 Å². The van der Waals surface area contributed by atoms with Crippen LogP contribution in [0, 0.1) is 11.2 Å². The molecule has 0 saturated carbocycles. The van der Waals surface area contributed by atoms with E-state index in [2.05, 4.69) is 42.0 Å². The number of halogens is 2. The standard InChI is InChI=1S/C13H17BrFNO/c1-8(13(2,3)4)16-12(17)9-5-6-11(15)10(14)7-9/h5-8H,1-4H3,(H,16,17). The Morgan fingerprint density at radius 3 is 2.47 bits per heavy atom. The van der Waals surface area contributed by atoms with E-state index >= 15 is 0 Å². The zero-order valence-electron chi connectivity index (χ0n) is 10.5. The van der Waals surface area contributed by atoms with Crippen LogP contribution in [-0.2, 0) is 0 Å². The fourth-order valence-corrected chi connectivity index (χ4v) is 1.51. The quantitative estimate of drug-likeness (QED) is 0.885. The first-order valence-corrected chi connectivity index (χ1v) is 6.27. The van der Waals surface area contributed by atoms with Gasteiger partial charge in [0.2, 0.25) is 0 Å². The van der Waals surface area contributed by atoms with E-state index in [4.69, 9.17) is 0 Å². The number of rotatable bonds is 2. The van der Waals surface area contributed by atoms with E-state index in [0.717, 1.165) is 0 Å². The fraction of sp³-hybridized carbons (Fsp3) is 0.462. The highest BCUT2D eigenvalue weighted by Gasteiger charge is 2.22. The predicted octanol–water partition coefficient (Wildman–Crippen LogP) is 3.75. The highest BCUT2D eigenvalue weighted by Crippen LogP contribution is 2.20. The Bertz CT molecular complexity index is 426. The third-order valence-electron chi connectivity index (χ3n) is 2.83. The molecular weight excluding hydrogens is 285 g/mol. The maximum atomic E-state index is 13.0. The van der Waals surface area contributed by atoms with Gasteiger partial charge < -0.3 is 5.32 Å². The first kappa shape index (κ1) is 14.2. The molecule has 0 saturated heterocycles. The zero-order valence-corrected chi connectivity index (χ0v) is 12.1. The van der Waals surface area contributed by atoms with Gasteiger partial charge in [-0.2, -0.15) is 0 Å². The number of nitrogens with one attached hydrogen (secondary N) is 1. The highest BCUT2D eigenvalue weighted by atomic mass is 79.9. The molecule has 1 unspecified atom stereocenters. The molecule has 1 aromatic rings. The SMILES string of the molecule is CC(NC(=O)c1ccc(F)c(Br)c1)C(C)(C)C. The van der Waals surface area contributed by atoms with Crippen LogP contribution < -0.4 is 5.32 Å². The van der Waals surface area contributed by atoms with Crippen LogP contribution in [-0.4, -0.2) is 11.9 Å². The maximum absolute atomic E-state index is 13.0. The Labute approximate surface area is 110 Å². The molecule has 1 rings (SSSR count). The number of carbonyl (C=O) groups excluding carboxylic acids is 1. The second-order valence-corrected chi connectivity index (χ2v) is 6.04. The molecule has 2 nitrogen and oxygen atoms in total. The van der Waals surface area contributed by atoms with Crippen LogP contribution in [0.5, 0.6) is 0 Å². The third kappa shape index (κ3) is 3.80. The summed E-state index contributed by atoms with van der Waals surface area (Å²) in [4.78, 5) is 11.9. The molecule has 0 aliphatic rings. The molecule has 0 fully saturated rings. The Morgan fingerprint density at radius 2 is 2.00 bits per heavy atom. The summed E-state index contributed by atoms with van der Waals surface area (Å²) in [6.45, 7) is 8.12. The van der Waals surface area contributed by atoms with E-state index in [1.54, 1.807) is 0 Å². The normalized spacial score (nSPS) is 13.3. The first-order chi connectivity index (χ1) is 7.71. The molecule has 1 amide bonds. The van der Waals surface area contributed by atoms with Crippen molar-refractivity contribution in [1.82, 2.24) is 5.32 Å². The molecule has 0 heterocycles. The van der Waals surface area contributed by atoms with Crippen molar-refractivity contribution in [2.75, 3.05) is 0 Å². The van der Waals surface area contributed by atoms with Crippen molar-refractivity contribution in [3.05, 3.63) is 34.1 Å². The summed E-state index contributed by atoms with van der Waals surface area (Å²) in [5, 5.41) is 2.90. The van der Waals surface area contributed by atoms with E-state index in [1.807, 2.05) is 6.92 Å². The number of amides is 1. The minimum atomic E-state index is -0.370. The van der Waals surface area contributed by atoms with Gasteiger partial charge >= 0.3 is 0 Å². The second-order valence-electron chi connectivity index (χ2n) is 5.19. The molecule has 0 aromatic heterocycles. The number of hydrogen-bond acceptors (Lipinski definition) is 1. The number of benzene rings is 1. The summed E-state index contributed by atoms with van der Waals surface area (Å²) in [6, 6.07) is 4.28. The number of carbonyl (C=O) groups is 1. The average molecular weight is 302 g/mol. The van der Waals surface area contributed by atoms with Crippen molar-refractivity contribution >= 4 is 21.8 Å². The summed E-state index contributed by atoms with van der Waals surface area (Å²) in [6.07, 6.45) is 0. The monoisotopic (exact) mass is 301 g/mol. The Balaban J connectivity index is 2.80. The van der Waals surface area contributed by atoms with Crippen molar-refractivity contribution < 1.29 is 9.18 Å². The van der Waals surface area contributed by atoms with Crippen LogP contribution in [0.1, 0.15) is 38.1 Å². The molecule has 0 bridgehead atoms. The predicted molar refractivity (Wildman–Crippen MR) is 70.5 cm³/mol. The van der Waals surface area contributed by atoms with Crippen molar-refractivity contribution in [3.63, 3.8) is 0 Å². The highest BCUT2D eigenvalue weighted by molar-refractivity contribution is 9.10. The molecule has 1 atom stereocenters. The lowest BCUT2D eigenvalue weighted by Gasteiger charge is -2.28. The Hall–Kier alpha value is -0.900.